The molecule has 1 atom stereocenters. The number of anilines is 1. The topological polar surface area (TPSA) is 32.7 Å². The first-order valence-corrected chi connectivity index (χ1v) is 6.06. The van der Waals surface area contributed by atoms with Crippen LogP contribution in [0.5, 0.6) is 5.75 Å². The number of phenols is 1. The summed E-state index contributed by atoms with van der Waals surface area (Å²) in [6.45, 7) is 1.59. The Balaban J connectivity index is 2.29. The smallest absolute Gasteiger partial charge is 0.421 e. The van der Waals surface area contributed by atoms with E-state index in [9.17, 15) is 18.3 Å². The molecule has 6 heteroatoms. The average Bonchev–Trinajstić information content (AvgIpc) is 2.76. The molecule has 1 N–H and O–H groups in total. The van der Waals surface area contributed by atoms with E-state index in [1.54, 1.807) is 12.0 Å². The minimum Gasteiger partial charge on any atom is -0.507 e. The van der Waals surface area contributed by atoms with Crippen molar-refractivity contribution in [2.75, 3.05) is 31.7 Å². The van der Waals surface area contributed by atoms with E-state index >= 15 is 0 Å². The van der Waals surface area contributed by atoms with E-state index in [4.69, 9.17) is 4.74 Å². The van der Waals surface area contributed by atoms with Gasteiger partial charge >= 0.3 is 6.18 Å². The summed E-state index contributed by atoms with van der Waals surface area (Å²) in [4.78, 5) is 1.66. The molecule has 19 heavy (non-hydrogen) atoms. The number of phenolic OH excluding ortho intramolecular Hbond substituents is 1. The predicted molar refractivity (Wildman–Crippen MR) is 65.3 cm³/mol. The summed E-state index contributed by atoms with van der Waals surface area (Å²) in [5, 5.41) is 9.49. The Labute approximate surface area is 109 Å². The molecule has 1 saturated heterocycles. The Morgan fingerprint density at radius 3 is 2.79 bits per heavy atom. The quantitative estimate of drug-likeness (QED) is 0.920. The summed E-state index contributed by atoms with van der Waals surface area (Å²) >= 11 is 0. The Morgan fingerprint density at radius 1 is 1.42 bits per heavy atom. The molecule has 1 fully saturated rings. The number of alkyl halides is 3. The number of nitrogens with zero attached hydrogens (tertiary/aromatic N) is 1. The van der Waals surface area contributed by atoms with Crippen molar-refractivity contribution in [2.24, 2.45) is 5.92 Å². The highest BCUT2D eigenvalue weighted by Crippen LogP contribution is 2.43. The molecular formula is C13H16F3NO2. The number of halogens is 3. The summed E-state index contributed by atoms with van der Waals surface area (Å²) < 4.78 is 44.0. The zero-order chi connectivity index (χ0) is 14.0. The van der Waals surface area contributed by atoms with Gasteiger partial charge in [0.2, 0.25) is 0 Å². The molecule has 1 unspecified atom stereocenters. The maximum atomic E-state index is 13.0. The van der Waals surface area contributed by atoms with E-state index < -0.39 is 17.5 Å². The summed E-state index contributed by atoms with van der Waals surface area (Å²) in [5.74, 6) is -0.492. The molecule has 0 saturated carbocycles. The van der Waals surface area contributed by atoms with Gasteiger partial charge in [0.1, 0.15) is 11.3 Å². The number of rotatable bonds is 3. The second kappa shape index (κ2) is 5.28. The van der Waals surface area contributed by atoms with Crippen molar-refractivity contribution in [1.29, 1.82) is 0 Å². The first-order valence-electron chi connectivity index (χ1n) is 6.06. The molecule has 1 aromatic carbocycles. The fourth-order valence-electron chi connectivity index (χ4n) is 2.51. The first kappa shape index (κ1) is 14.0. The van der Waals surface area contributed by atoms with Crippen LogP contribution in [0.1, 0.15) is 12.0 Å². The normalized spacial score (nSPS) is 20.0. The second-order valence-corrected chi connectivity index (χ2v) is 4.73. The van der Waals surface area contributed by atoms with Gasteiger partial charge in [-0.1, -0.05) is 6.07 Å². The molecule has 106 valence electrons. The maximum Gasteiger partial charge on any atom is 0.421 e. The van der Waals surface area contributed by atoms with Gasteiger partial charge in [-0.15, -0.1) is 0 Å². The number of methoxy groups -OCH3 is 1. The molecule has 0 amide bonds. The number of aromatic hydroxyl groups is 1. The standard InChI is InChI=1S/C13H16F3NO2/c1-19-8-9-5-6-17(7-9)10-3-2-4-11(18)12(10)13(14,15)16/h2-4,9,18H,5-8H2,1H3. The third kappa shape index (κ3) is 2.94. The van der Waals surface area contributed by atoms with E-state index in [0.717, 1.165) is 12.5 Å². The van der Waals surface area contributed by atoms with Gasteiger partial charge in [0, 0.05) is 26.1 Å². The largest absolute Gasteiger partial charge is 0.507 e. The Morgan fingerprint density at radius 2 is 2.16 bits per heavy atom. The highest BCUT2D eigenvalue weighted by molar-refractivity contribution is 5.61. The van der Waals surface area contributed by atoms with Crippen LogP contribution in [0.3, 0.4) is 0 Å². The first-order chi connectivity index (χ1) is 8.93. The van der Waals surface area contributed by atoms with Gasteiger partial charge in [-0.2, -0.15) is 13.2 Å². The second-order valence-electron chi connectivity index (χ2n) is 4.73. The fraction of sp³-hybridized carbons (Fsp3) is 0.538. The average molecular weight is 275 g/mol. The van der Waals surface area contributed by atoms with Crippen LogP contribution in [0.2, 0.25) is 0 Å². The zero-order valence-corrected chi connectivity index (χ0v) is 10.6. The van der Waals surface area contributed by atoms with Crippen molar-refractivity contribution in [3.05, 3.63) is 23.8 Å². The zero-order valence-electron chi connectivity index (χ0n) is 10.6. The maximum absolute atomic E-state index is 13.0. The molecule has 1 aliphatic heterocycles. The van der Waals surface area contributed by atoms with Crippen molar-refractivity contribution in [3.8, 4) is 5.75 Å². The molecule has 1 heterocycles. The van der Waals surface area contributed by atoms with Crippen molar-refractivity contribution in [3.63, 3.8) is 0 Å². The highest BCUT2D eigenvalue weighted by Gasteiger charge is 2.39. The minimum absolute atomic E-state index is 0.0473. The van der Waals surface area contributed by atoms with Crippen LogP contribution in [0.15, 0.2) is 18.2 Å². The molecule has 1 aliphatic rings. The molecular weight excluding hydrogens is 259 g/mol. The van der Waals surface area contributed by atoms with Gasteiger partial charge in [-0.25, -0.2) is 0 Å². The monoisotopic (exact) mass is 275 g/mol. The van der Waals surface area contributed by atoms with Crippen LogP contribution in [0.25, 0.3) is 0 Å². The van der Waals surface area contributed by atoms with E-state index in [0.29, 0.717) is 19.7 Å². The van der Waals surface area contributed by atoms with Crippen LogP contribution in [-0.2, 0) is 10.9 Å². The Hall–Kier alpha value is -1.43. The molecule has 2 rings (SSSR count). The van der Waals surface area contributed by atoms with Crippen molar-refractivity contribution < 1.29 is 23.0 Å². The highest BCUT2D eigenvalue weighted by atomic mass is 19.4. The summed E-state index contributed by atoms with van der Waals surface area (Å²) in [6, 6.07) is 3.90. The van der Waals surface area contributed by atoms with Gasteiger partial charge in [0.05, 0.1) is 12.3 Å². The van der Waals surface area contributed by atoms with E-state index in [1.165, 1.54) is 12.1 Å². The lowest BCUT2D eigenvalue weighted by molar-refractivity contribution is -0.138. The predicted octanol–water partition coefficient (Wildman–Crippen LogP) is 2.88. The number of hydrogen-bond acceptors (Lipinski definition) is 3. The lowest BCUT2D eigenvalue weighted by atomic mass is 10.1. The van der Waals surface area contributed by atoms with Gasteiger partial charge in [0.25, 0.3) is 0 Å². The minimum atomic E-state index is -4.56. The molecule has 0 bridgehead atoms. The molecule has 3 nitrogen and oxygen atoms in total. The van der Waals surface area contributed by atoms with E-state index in [1.807, 2.05) is 0 Å². The van der Waals surface area contributed by atoms with Gasteiger partial charge in [0.15, 0.2) is 0 Å². The van der Waals surface area contributed by atoms with Crippen molar-refractivity contribution in [2.45, 2.75) is 12.6 Å². The molecule has 0 spiro atoms. The summed E-state index contributed by atoms with van der Waals surface area (Å²) in [6.07, 6.45) is -3.76. The number of benzene rings is 1. The molecule has 0 radical (unpaired) electrons. The van der Waals surface area contributed by atoms with Crippen LogP contribution in [0.4, 0.5) is 18.9 Å². The number of ether oxygens (including phenoxy) is 1. The van der Waals surface area contributed by atoms with Crippen LogP contribution in [-0.4, -0.2) is 31.9 Å². The third-order valence-electron chi connectivity index (χ3n) is 3.33. The van der Waals surface area contributed by atoms with Crippen LogP contribution in [0, 0.1) is 5.92 Å². The molecule has 1 aromatic rings. The summed E-state index contributed by atoms with van der Waals surface area (Å²) in [7, 11) is 1.58. The Kier molecular flexibility index (Phi) is 3.89. The van der Waals surface area contributed by atoms with E-state index in [-0.39, 0.29) is 11.6 Å². The van der Waals surface area contributed by atoms with Gasteiger partial charge < -0.3 is 14.7 Å². The van der Waals surface area contributed by atoms with Crippen molar-refractivity contribution in [1.82, 2.24) is 0 Å². The molecule has 0 aliphatic carbocycles. The van der Waals surface area contributed by atoms with Gasteiger partial charge in [-0.05, 0) is 18.6 Å². The van der Waals surface area contributed by atoms with Crippen molar-refractivity contribution >= 4 is 5.69 Å². The van der Waals surface area contributed by atoms with Crippen LogP contribution < -0.4 is 4.90 Å². The fourth-order valence-corrected chi connectivity index (χ4v) is 2.51. The Bertz CT molecular complexity index is 448. The van der Waals surface area contributed by atoms with Crippen LogP contribution >= 0.6 is 0 Å². The SMILES string of the molecule is COCC1CCN(c2cccc(O)c2C(F)(F)F)C1. The van der Waals surface area contributed by atoms with E-state index in [2.05, 4.69) is 0 Å². The molecule has 0 aromatic heterocycles. The number of hydrogen-bond donors (Lipinski definition) is 1. The summed E-state index contributed by atoms with van der Waals surface area (Å²) in [5.41, 5.74) is -0.904. The van der Waals surface area contributed by atoms with Gasteiger partial charge in [-0.3, -0.25) is 0 Å². The third-order valence-corrected chi connectivity index (χ3v) is 3.33. The lowest BCUT2D eigenvalue weighted by Crippen LogP contribution is -2.24. The lowest BCUT2D eigenvalue weighted by Gasteiger charge is -2.23.